The molecular formula is C25H22F2N4O4S2. The lowest BCUT2D eigenvalue weighted by molar-refractivity contribution is -0.113. The van der Waals surface area contributed by atoms with E-state index in [1.807, 2.05) is 0 Å². The van der Waals surface area contributed by atoms with Crippen LogP contribution in [0.25, 0.3) is 11.1 Å². The van der Waals surface area contributed by atoms with Crippen LogP contribution in [0.5, 0.6) is 5.75 Å². The number of hydrogen-bond donors (Lipinski definition) is 1. The number of rotatable bonds is 9. The zero-order valence-corrected chi connectivity index (χ0v) is 21.7. The molecule has 2 heterocycles. The molecular weight excluding hydrogens is 522 g/mol. The van der Waals surface area contributed by atoms with Gasteiger partial charge in [0.1, 0.15) is 27.9 Å². The van der Waals surface area contributed by atoms with Crippen LogP contribution in [0.15, 0.2) is 59.1 Å². The van der Waals surface area contributed by atoms with Gasteiger partial charge in [-0.2, -0.15) is 0 Å². The molecule has 2 aromatic carbocycles. The number of thioether (sulfide) groups is 1. The zero-order valence-electron chi connectivity index (χ0n) is 20.0. The summed E-state index contributed by atoms with van der Waals surface area (Å²) in [6.45, 7) is 1.79. The summed E-state index contributed by atoms with van der Waals surface area (Å²) in [4.78, 5) is 25.2. The zero-order chi connectivity index (χ0) is 26.5. The molecule has 0 saturated heterocycles. The van der Waals surface area contributed by atoms with E-state index in [4.69, 9.17) is 9.47 Å². The molecule has 0 bridgehead atoms. The highest BCUT2D eigenvalue weighted by Crippen LogP contribution is 2.36. The van der Waals surface area contributed by atoms with E-state index in [0.717, 1.165) is 11.8 Å². The third kappa shape index (κ3) is 6.15. The molecule has 2 aromatic heterocycles. The minimum Gasteiger partial charge on any atom is -0.483 e. The van der Waals surface area contributed by atoms with Crippen LogP contribution in [0.2, 0.25) is 0 Å². The number of ether oxygens (including phenoxy) is 2. The number of carbonyl (C=O) groups excluding carboxylic acids is 2. The Hall–Kier alpha value is -3.77. The number of amides is 1. The van der Waals surface area contributed by atoms with E-state index in [2.05, 4.69) is 15.5 Å². The Morgan fingerprint density at radius 3 is 2.38 bits per heavy atom. The minimum absolute atomic E-state index is 0.00354. The summed E-state index contributed by atoms with van der Waals surface area (Å²) in [5.74, 6) is -0.704. The molecule has 1 amide bonds. The van der Waals surface area contributed by atoms with Gasteiger partial charge >= 0.3 is 5.97 Å². The minimum atomic E-state index is -0.614. The molecule has 8 nitrogen and oxygen atoms in total. The molecule has 1 atom stereocenters. The first kappa shape index (κ1) is 26.3. The Labute approximate surface area is 219 Å². The summed E-state index contributed by atoms with van der Waals surface area (Å²) in [5, 5.41) is 13.6. The van der Waals surface area contributed by atoms with Crippen LogP contribution in [0.3, 0.4) is 0 Å². The van der Waals surface area contributed by atoms with Crippen molar-refractivity contribution in [1.29, 1.82) is 0 Å². The Kier molecular flexibility index (Phi) is 8.19. The molecule has 0 aliphatic rings. The third-order valence-corrected chi connectivity index (χ3v) is 7.20. The maximum atomic E-state index is 13.3. The first-order valence-corrected chi connectivity index (χ1v) is 12.8. The maximum absolute atomic E-state index is 13.3. The van der Waals surface area contributed by atoms with Crippen LogP contribution in [0.1, 0.15) is 29.2 Å². The molecule has 0 aliphatic heterocycles. The van der Waals surface area contributed by atoms with Crippen LogP contribution in [0, 0.1) is 11.6 Å². The second-order valence-corrected chi connectivity index (χ2v) is 9.62. The molecule has 192 valence electrons. The van der Waals surface area contributed by atoms with Crippen molar-refractivity contribution in [2.45, 2.75) is 18.2 Å². The summed E-state index contributed by atoms with van der Waals surface area (Å²) < 4.78 is 38.9. The molecule has 4 rings (SSSR count). The van der Waals surface area contributed by atoms with Crippen molar-refractivity contribution in [3.05, 3.63) is 76.9 Å². The van der Waals surface area contributed by atoms with Crippen molar-refractivity contribution in [2.24, 2.45) is 7.05 Å². The third-order valence-electron chi connectivity index (χ3n) is 5.28. The second kappa shape index (κ2) is 11.5. The smallest absolute Gasteiger partial charge is 0.341 e. The number of benzene rings is 2. The van der Waals surface area contributed by atoms with Gasteiger partial charge in [-0.15, -0.1) is 21.5 Å². The molecule has 0 spiro atoms. The van der Waals surface area contributed by atoms with E-state index in [-0.39, 0.29) is 23.0 Å². The predicted molar refractivity (Wildman–Crippen MR) is 137 cm³/mol. The van der Waals surface area contributed by atoms with Crippen molar-refractivity contribution in [3.8, 4) is 16.9 Å². The molecule has 4 aromatic rings. The lowest BCUT2D eigenvalue weighted by Crippen LogP contribution is -2.16. The summed E-state index contributed by atoms with van der Waals surface area (Å²) in [7, 11) is 3.01. The number of methoxy groups -OCH3 is 1. The van der Waals surface area contributed by atoms with Crippen LogP contribution in [-0.4, -0.2) is 39.5 Å². The Morgan fingerprint density at radius 1 is 1.08 bits per heavy atom. The molecule has 1 unspecified atom stereocenters. The number of esters is 1. The number of thiophene rings is 1. The highest BCUT2D eigenvalue weighted by atomic mass is 32.2. The first-order chi connectivity index (χ1) is 17.8. The number of nitrogens with zero attached hydrogens (tertiary/aromatic N) is 3. The van der Waals surface area contributed by atoms with E-state index >= 15 is 0 Å². The van der Waals surface area contributed by atoms with E-state index in [9.17, 15) is 18.4 Å². The van der Waals surface area contributed by atoms with E-state index < -0.39 is 17.9 Å². The van der Waals surface area contributed by atoms with Gasteiger partial charge < -0.3 is 19.4 Å². The van der Waals surface area contributed by atoms with Gasteiger partial charge in [-0.25, -0.2) is 13.6 Å². The van der Waals surface area contributed by atoms with Gasteiger partial charge in [0.15, 0.2) is 17.1 Å². The lowest BCUT2D eigenvalue weighted by Gasteiger charge is -2.14. The fraction of sp³-hybridized carbons (Fsp3) is 0.200. The number of halogens is 2. The van der Waals surface area contributed by atoms with Gasteiger partial charge in [0.25, 0.3) is 0 Å². The highest BCUT2D eigenvalue weighted by molar-refractivity contribution is 7.99. The van der Waals surface area contributed by atoms with Crippen molar-refractivity contribution in [1.82, 2.24) is 14.8 Å². The number of aromatic nitrogens is 3. The van der Waals surface area contributed by atoms with Crippen molar-refractivity contribution in [2.75, 3.05) is 18.2 Å². The van der Waals surface area contributed by atoms with Crippen molar-refractivity contribution in [3.63, 3.8) is 0 Å². The highest BCUT2D eigenvalue weighted by Gasteiger charge is 2.23. The van der Waals surface area contributed by atoms with Crippen LogP contribution >= 0.6 is 23.1 Å². The van der Waals surface area contributed by atoms with Gasteiger partial charge in [0.05, 0.1) is 12.9 Å². The Bertz CT molecular complexity index is 1410. The van der Waals surface area contributed by atoms with E-state index in [0.29, 0.717) is 32.9 Å². The van der Waals surface area contributed by atoms with Crippen LogP contribution in [-0.2, 0) is 16.6 Å². The molecule has 37 heavy (non-hydrogen) atoms. The topological polar surface area (TPSA) is 95.3 Å². The Morgan fingerprint density at radius 2 is 1.73 bits per heavy atom. The fourth-order valence-electron chi connectivity index (χ4n) is 3.47. The normalized spacial score (nSPS) is 11.7. The maximum Gasteiger partial charge on any atom is 0.341 e. The average molecular weight is 545 g/mol. The number of hydrogen-bond acceptors (Lipinski definition) is 8. The number of anilines is 1. The quantitative estimate of drug-likeness (QED) is 0.220. The standard InChI is InChI=1S/C25H22F2N4O4S2/c1-14(35-18-10-8-17(27)9-11-18)22-29-30-25(31(22)2)37-13-20(32)28-23-21(24(33)34-3)19(12-36-23)15-4-6-16(26)7-5-15/h4-12,14H,13H2,1-3H3,(H,28,32). The van der Waals surface area contributed by atoms with Crippen molar-refractivity contribution < 1.29 is 27.8 Å². The second-order valence-electron chi connectivity index (χ2n) is 7.80. The average Bonchev–Trinajstić information content (AvgIpc) is 3.47. The van der Waals surface area contributed by atoms with Crippen molar-refractivity contribution >= 4 is 40.0 Å². The SMILES string of the molecule is COC(=O)c1c(-c2ccc(F)cc2)csc1NC(=O)CSc1nnc(C(C)Oc2ccc(F)cc2)n1C. The molecule has 0 saturated carbocycles. The molecule has 12 heteroatoms. The lowest BCUT2D eigenvalue weighted by atomic mass is 10.0. The van der Waals surface area contributed by atoms with Gasteiger partial charge in [-0.3, -0.25) is 4.79 Å². The fourth-order valence-corrected chi connectivity index (χ4v) is 5.16. The Balaban J connectivity index is 1.42. The molecule has 0 aliphatic carbocycles. The summed E-state index contributed by atoms with van der Waals surface area (Å²) in [5.41, 5.74) is 1.36. The van der Waals surface area contributed by atoms with Gasteiger partial charge in [-0.05, 0) is 48.9 Å². The first-order valence-electron chi connectivity index (χ1n) is 11.0. The number of carbonyl (C=O) groups is 2. The summed E-state index contributed by atoms with van der Waals surface area (Å²) >= 11 is 2.34. The molecule has 0 radical (unpaired) electrons. The predicted octanol–water partition coefficient (Wildman–Crippen LogP) is 5.48. The van der Waals surface area contributed by atoms with Crippen LogP contribution < -0.4 is 10.1 Å². The largest absolute Gasteiger partial charge is 0.483 e. The summed E-state index contributed by atoms with van der Waals surface area (Å²) in [6.07, 6.45) is -0.468. The summed E-state index contributed by atoms with van der Waals surface area (Å²) in [6, 6.07) is 11.4. The molecule has 1 N–H and O–H groups in total. The molecule has 0 fully saturated rings. The van der Waals surface area contributed by atoms with E-state index in [1.54, 1.807) is 36.1 Å². The van der Waals surface area contributed by atoms with Gasteiger partial charge in [0.2, 0.25) is 5.91 Å². The van der Waals surface area contributed by atoms with Crippen LogP contribution in [0.4, 0.5) is 13.8 Å². The van der Waals surface area contributed by atoms with Gasteiger partial charge in [0, 0.05) is 18.0 Å². The van der Waals surface area contributed by atoms with Gasteiger partial charge in [-0.1, -0.05) is 23.9 Å². The number of nitrogens with one attached hydrogen (secondary N) is 1. The van der Waals surface area contributed by atoms with E-state index in [1.165, 1.54) is 54.8 Å². The monoisotopic (exact) mass is 544 g/mol.